The van der Waals surface area contributed by atoms with Crippen molar-refractivity contribution in [3.8, 4) is 0 Å². The summed E-state index contributed by atoms with van der Waals surface area (Å²) in [6.45, 7) is 3.13. The lowest BCUT2D eigenvalue weighted by Crippen LogP contribution is -2.25. The van der Waals surface area contributed by atoms with Crippen molar-refractivity contribution < 1.29 is 27.5 Å². The zero-order chi connectivity index (χ0) is 19.4. The van der Waals surface area contributed by atoms with Gasteiger partial charge in [-0.1, -0.05) is 0 Å². The molecule has 2 aromatic rings. The molecule has 0 atom stereocenters. The minimum atomic E-state index is -5.08. The topological polar surface area (TPSA) is 79.5 Å². The van der Waals surface area contributed by atoms with E-state index in [1.165, 1.54) is 35.4 Å². The van der Waals surface area contributed by atoms with Crippen LogP contribution in [0.3, 0.4) is 0 Å². The minimum absolute atomic E-state index is 0.715. The Morgan fingerprint density at radius 1 is 1.26 bits per heavy atom. The molecular formula is C18H20F3N3O3. The molecule has 0 radical (unpaired) electrons. The predicted molar refractivity (Wildman–Crippen MR) is 89.1 cm³/mol. The molecule has 1 fully saturated rings. The van der Waals surface area contributed by atoms with Gasteiger partial charge >= 0.3 is 12.1 Å². The second kappa shape index (κ2) is 8.08. The number of nitrogens with zero attached hydrogens (tertiary/aromatic N) is 3. The lowest BCUT2D eigenvalue weighted by atomic mass is 10.0. The Balaban J connectivity index is 0.000000260. The first-order chi connectivity index (χ1) is 12.8. The lowest BCUT2D eigenvalue weighted by Gasteiger charge is -2.18. The quantitative estimate of drug-likeness (QED) is 0.877. The molecule has 0 aromatic carbocycles. The molecule has 3 heterocycles. The maximum atomic E-state index is 10.6. The molecule has 1 aliphatic carbocycles. The number of aromatic nitrogens is 2. The van der Waals surface area contributed by atoms with Gasteiger partial charge in [-0.3, -0.25) is 4.90 Å². The number of halogens is 3. The van der Waals surface area contributed by atoms with E-state index in [2.05, 4.69) is 14.9 Å². The number of furan rings is 1. The van der Waals surface area contributed by atoms with E-state index in [4.69, 9.17) is 14.3 Å². The number of aliphatic carboxylic acids is 1. The molecule has 2 aliphatic rings. The second-order valence-corrected chi connectivity index (χ2v) is 6.67. The monoisotopic (exact) mass is 383 g/mol. The van der Waals surface area contributed by atoms with Gasteiger partial charge in [-0.05, 0) is 30.9 Å². The van der Waals surface area contributed by atoms with E-state index >= 15 is 0 Å². The molecule has 2 aromatic heterocycles. The van der Waals surface area contributed by atoms with E-state index in [0.717, 1.165) is 32.5 Å². The van der Waals surface area contributed by atoms with Gasteiger partial charge in [0.15, 0.2) is 0 Å². The highest BCUT2D eigenvalue weighted by molar-refractivity contribution is 5.73. The van der Waals surface area contributed by atoms with Crippen LogP contribution in [-0.4, -0.2) is 45.2 Å². The number of carbonyl (C=O) groups is 1. The maximum Gasteiger partial charge on any atom is 0.490 e. The molecule has 1 aliphatic heterocycles. The highest BCUT2D eigenvalue weighted by Gasteiger charge is 2.38. The number of alkyl halides is 3. The van der Waals surface area contributed by atoms with Crippen LogP contribution in [0.5, 0.6) is 0 Å². The Hall–Kier alpha value is -2.42. The molecule has 4 rings (SSSR count). The average Bonchev–Trinajstić information content (AvgIpc) is 3.37. The van der Waals surface area contributed by atoms with E-state index < -0.39 is 12.1 Å². The van der Waals surface area contributed by atoms with Crippen LogP contribution in [0.1, 0.15) is 41.3 Å². The Labute approximate surface area is 154 Å². The van der Waals surface area contributed by atoms with Crippen LogP contribution in [0.2, 0.25) is 0 Å². The third kappa shape index (κ3) is 5.29. The molecule has 0 bridgehead atoms. The van der Waals surface area contributed by atoms with Gasteiger partial charge in [-0.15, -0.1) is 0 Å². The first kappa shape index (κ1) is 19.3. The van der Waals surface area contributed by atoms with Crippen LogP contribution in [0, 0.1) is 0 Å². The molecule has 0 saturated heterocycles. The summed E-state index contributed by atoms with van der Waals surface area (Å²) in [5.41, 5.74) is 5.30. The van der Waals surface area contributed by atoms with Crippen LogP contribution in [0.15, 0.2) is 29.3 Å². The lowest BCUT2D eigenvalue weighted by molar-refractivity contribution is -0.192. The zero-order valence-electron chi connectivity index (χ0n) is 14.6. The molecule has 0 spiro atoms. The summed E-state index contributed by atoms with van der Waals surface area (Å²) in [7, 11) is 0. The maximum absolute atomic E-state index is 10.6. The number of carboxylic acid groups (broad SMARTS) is 1. The van der Waals surface area contributed by atoms with E-state index in [-0.39, 0.29) is 0 Å². The van der Waals surface area contributed by atoms with Crippen molar-refractivity contribution in [3.05, 3.63) is 47.4 Å². The van der Waals surface area contributed by atoms with Gasteiger partial charge in [-0.25, -0.2) is 14.8 Å². The molecule has 9 heteroatoms. The summed E-state index contributed by atoms with van der Waals surface area (Å²) in [6.07, 6.45) is 5.00. The Morgan fingerprint density at radius 2 is 1.96 bits per heavy atom. The SMILES string of the molecule is O=C(O)C(F)(F)F.c1nc2c(c(C3CC3)n1)CCN(Cc1ccoc1)CC2. The molecule has 1 saturated carbocycles. The highest BCUT2D eigenvalue weighted by Crippen LogP contribution is 2.41. The fourth-order valence-corrected chi connectivity index (χ4v) is 3.11. The summed E-state index contributed by atoms with van der Waals surface area (Å²) in [6, 6.07) is 2.05. The van der Waals surface area contributed by atoms with Crippen molar-refractivity contribution in [2.75, 3.05) is 13.1 Å². The van der Waals surface area contributed by atoms with Gasteiger partial charge in [0, 0.05) is 43.2 Å². The number of carboxylic acids is 1. The summed E-state index contributed by atoms with van der Waals surface area (Å²) in [5.74, 6) is -2.04. The fourth-order valence-electron chi connectivity index (χ4n) is 3.11. The summed E-state index contributed by atoms with van der Waals surface area (Å²) >= 11 is 0. The summed E-state index contributed by atoms with van der Waals surface area (Å²) in [5, 5.41) is 7.12. The van der Waals surface area contributed by atoms with Crippen molar-refractivity contribution in [1.29, 1.82) is 0 Å². The van der Waals surface area contributed by atoms with Gasteiger partial charge in [-0.2, -0.15) is 13.2 Å². The fraction of sp³-hybridized carbons (Fsp3) is 0.500. The van der Waals surface area contributed by atoms with Gasteiger partial charge in [0.1, 0.15) is 6.33 Å². The Bertz CT molecular complexity index is 774. The van der Waals surface area contributed by atoms with E-state index in [1.807, 2.05) is 12.3 Å². The first-order valence-corrected chi connectivity index (χ1v) is 8.70. The van der Waals surface area contributed by atoms with Gasteiger partial charge in [0.05, 0.1) is 18.2 Å². The van der Waals surface area contributed by atoms with Crippen molar-refractivity contribution in [2.24, 2.45) is 0 Å². The Kier molecular flexibility index (Phi) is 5.79. The van der Waals surface area contributed by atoms with Crippen molar-refractivity contribution >= 4 is 5.97 Å². The van der Waals surface area contributed by atoms with Crippen molar-refractivity contribution in [2.45, 2.75) is 44.3 Å². The predicted octanol–water partition coefficient (Wildman–Crippen LogP) is 3.18. The number of fused-ring (bicyclic) bond motifs is 1. The minimum Gasteiger partial charge on any atom is -0.475 e. The van der Waals surface area contributed by atoms with E-state index in [0.29, 0.717) is 5.92 Å². The summed E-state index contributed by atoms with van der Waals surface area (Å²) in [4.78, 5) is 20.5. The van der Waals surface area contributed by atoms with Crippen molar-refractivity contribution in [1.82, 2.24) is 14.9 Å². The van der Waals surface area contributed by atoms with Crippen LogP contribution >= 0.6 is 0 Å². The zero-order valence-corrected chi connectivity index (χ0v) is 14.6. The van der Waals surface area contributed by atoms with E-state index in [9.17, 15) is 13.2 Å². The normalized spacial score (nSPS) is 17.4. The second-order valence-electron chi connectivity index (χ2n) is 6.67. The van der Waals surface area contributed by atoms with Gasteiger partial charge in [0.25, 0.3) is 0 Å². The van der Waals surface area contributed by atoms with Gasteiger partial charge < -0.3 is 9.52 Å². The third-order valence-corrected chi connectivity index (χ3v) is 4.60. The van der Waals surface area contributed by atoms with Crippen LogP contribution < -0.4 is 0 Å². The van der Waals surface area contributed by atoms with Crippen molar-refractivity contribution in [3.63, 3.8) is 0 Å². The number of rotatable bonds is 3. The van der Waals surface area contributed by atoms with Crippen LogP contribution in [0.25, 0.3) is 0 Å². The molecule has 146 valence electrons. The molecular weight excluding hydrogens is 363 g/mol. The molecule has 1 N–H and O–H groups in total. The number of hydrogen-bond donors (Lipinski definition) is 1. The smallest absolute Gasteiger partial charge is 0.475 e. The molecule has 0 unspecified atom stereocenters. The summed E-state index contributed by atoms with van der Waals surface area (Å²) < 4.78 is 36.9. The first-order valence-electron chi connectivity index (χ1n) is 8.70. The molecule has 0 amide bonds. The van der Waals surface area contributed by atoms with Crippen LogP contribution in [0.4, 0.5) is 13.2 Å². The third-order valence-electron chi connectivity index (χ3n) is 4.60. The van der Waals surface area contributed by atoms with Crippen LogP contribution in [-0.2, 0) is 24.2 Å². The van der Waals surface area contributed by atoms with E-state index in [1.54, 1.807) is 12.6 Å². The molecule has 6 nitrogen and oxygen atoms in total. The highest BCUT2D eigenvalue weighted by atomic mass is 19.4. The molecule has 27 heavy (non-hydrogen) atoms. The number of hydrogen-bond acceptors (Lipinski definition) is 5. The standard InChI is InChI=1S/C16H19N3O.C2HF3O2/c1-2-13(1)16-14-3-6-19(9-12-5-8-20-10-12)7-4-15(14)17-11-18-16;3-2(4,5)1(6)7/h5,8,10-11,13H,1-4,6-7,9H2;(H,6,7). The van der Waals surface area contributed by atoms with Gasteiger partial charge in [0.2, 0.25) is 0 Å². The largest absolute Gasteiger partial charge is 0.490 e. The average molecular weight is 383 g/mol. The Morgan fingerprint density at radius 3 is 2.56 bits per heavy atom.